The summed E-state index contributed by atoms with van der Waals surface area (Å²) in [5.74, 6) is 1.08. The van der Waals surface area contributed by atoms with Crippen LogP contribution in [0.4, 0.5) is 5.82 Å². The second-order valence-corrected chi connectivity index (χ2v) is 3.59. The van der Waals surface area contributed by atoms with Gasteiger partial charge in [0.25, 0.3) is 0 Å². The fourth-order valence-corrected chi connectivity index (χ4v) is 1.72. The van der Waals surface area contributed by atoms with Gasteiger partial charge in [-0.2, -0.15) is 0 Å². The highest BCUT2D eigenvalue weighted by Gasteiger charge is 2.22. The van der Waals surface area contributed by atoms with E-state index in [0.29, 0.717) is 0 Å². The Morgan fingerprint density at radius 3 is 2.92 bits per heavy atom. The highest BCUT2D eigenvalue weighted by molar-refractivity contribution is 5.45. The molecule has 0 spiro atoms. The average molecular weight is 181 g/mol. The molecular formula is C8H15N5. The van der Waals surface area contributed by atoms with Gasteiger partial charge in [-0.05, 0) is 13.3 Å². The van der Waals surface area contributed by atoms with Crippen LogP contribution >= 0.6 is 0 Å². The Balaban J connectivity index is 2.44. The summed E-state index contributed by atoms with van der Waals surface area (Å²) in [4.78, 5) is 2.17. The maximum absolute atomic E-state index is 5.80. The smallest absolute Gasteiger partial charge is 0.152 e. The number of hydrogen-bond acceptors (Lipinski definition) is 4. The summed E-state index contributed by atoms with van der Waals surface area (Å²) in [6.07, 6.45) is 1.13. The van der Waals surface area contributed by atoms with Gasteiger partial charge in [0.2, 0.25) is 0 Å². The number of nitrogens with two attached hydrogens (primary N) is 1. The van der Waals surface area contributed by atoms with E-state index in [1.165, 1.54) is 0 Å². The van der Waals surface area contributed by atoms with Crippen molar-refractivity contribution in [1.29, 1.82) is 0 Å². The first-order chi connectivity index (χ1) is 6.20. The quantitative estimate of drug-likeness (QED) is 0.669. The molecule has 72 valence electrons. The van der Waals surface area contributed by atoms with E-state index in [2.05, 4.69) is 22.3 Å². The van der Waals surface area contributed by atoms with Crippen LogP contribution in [0.2, 0.25) is 0 Å². The molecule has 0 amide bonds. The monoisotopic (exact) mass is 181 g/mol. The van der Waals surface area contributed by atoms with Crippen molar-refractivity contribution in [3.8, 4) is 0 Å². The van der Waals surface area contributed by atoms with Crippen LogP contribution in [-0.4, -0.2) is 28.6 Å². The molecule has 0 aromatic carbocycles. The van der Waals surface area contributed by atoms with Gasteiger partial charge >= 0.3 is 0 Å². The molecule has 1 aliphatic heterocycles. The zero-order valence-corrected chi connectivity index (χ0v) is 8.06. The van der Waals surface area contributed by atoms with Crippen molar-refractivity contribution >= 4 is 5.82 Å². The predicted octanol–water partition coefficient (Wildman–Crippen LogP) is 0.138. The van der Waals surface area contributed by atoms with E-state index in [9.17, 15) is 0 Å². The minimum absolute atomic E-state index is 0.0377. The molecular weight excluding hydrogens is 166 g/mol. The molecule has 0 radical (unpaired) electrons. The first-order valence-electron chi connectivity index (χ1n) is 4.60. The van der Waals surface area contributed by atoms with Crippen molar-refractivity contribution in [1.82, 2.24) is 15.0 Å². The minimum Gasteiger partial charge on any atom is -0.358 e. The van der Waals surface area contributed by atoms with E-state index in [4.69, 9.17) is 5.73 Å². The lowest BCUT2D eigenvalue weighted by Crippen LogP contribution is -2.29. The summed E-state index contributed by atoms with van der Waals surface area (Å²) in [6, 6.07) is -0.0377. The molecule has 13 heavy (non-hydrogen) atoms. The number of fused-ring (bicyclic) bond motifs is 1. The van der Waals surface area contributed by atoms with Gasteiger partial charge < -0.3 is 10.6 Å². The average Bonchev–Trinajstić information content (AvgIpc) is 2.49. The van der Waals surface area contributed by atoms with E-state index in [-0.39, 0.29) is 6.04 Å². The molecule has 2 N–H and O–H groups in total. The van der Waals surface area contributed by atoms with Crippen LogP contribution in [0.15, 0.2) is 0 Å². The lowest BCUT2D eigenvalue weighted by Gasteiger charge is -2.26. The molecule has 1 aliphatic rings. The summed E-state index contributed by atoms with van der Waals surface area (Å²) >= 11 is 0. The fourth-order valence-electron chi connectivity index (χ4n) is 1.72. The second-order valence-electron chi connectivity index (χ2n) is 3.59. The van der Waals surface area contributed by atoms with Gasteiger partial charge in [0.1, 0.15) is 5.69 Å². The Hall–Kier alpha value is -1.10. The number of aryl methyl sites for hydroxylation is 1. The largest absolute Gasteiger partial charge is 0.358 e. The molecule has 2 heterocycles. The number of nitrogens with zero attached hydrogens (tertiary/aromatic N) is 4. The molecule has 0 aliphatic carbocycles. The molecule has 1 aromatic rings. The van der Waals surface area contributed by atoms with Crippen LogP contribution in [0.25, 0.3) is 0 Å². The summed E-state index contributed by atoms with van der Waals surface area (Å²) in [5.41, 5.74) is 6.71. The van der Waals surface area contributed by atoms with Crippen LogP contribution in [0, 0.1) is 0 Å². The molecule has 0 saturated carbocycles. The topological polar surface area (TPSA) is 60.0 Å². The van der Waals surface area contributed by atoms with Crippen LogP contribution < -0.4 is 10.6 Å². The number of aromatic nitrogens is 3. The van der Waals surface area contributed by atoms with Gasteiger partial charge in [-0.15, -0.1) is 5.10 Å². The molecule has 0 saturated heterocycles. The zero-order valence-electron chi connectivity index (χ0n) is 8.06. The number of rotatable bonds is 1. The van der Waals surface area contributed by atoms with Crippen LogP contribution in [0.5, 0.6) is 0 Å². The number of hydrogen-bond donors (Lipinski definition) is 1. The van der Waals surface area contributed by atoms with E-state index >= 15 is 0 Å². The van der Waals surface area contributed by atoms with Gasteiger partial charge in [0.15, 0.2) is 5.82 Å². The molecule has 1 unspecified atom stereocenters. The molecule has 1 atom stereocenters. The van der Waals surface area contributed by atoms with E-state index in [1.54, 1.807) is 0 Å². The van der Waals surface area contributed by atoms with Crippen LogP contribution in [-0.2, 0) is 6.54 Å². The Bertz CT molecular complexity index is 303. The minimum atomic E-state index is -0.0377. The zero-order chi connectivity index (χ0) is 9.42. The first kappa shape index (κ1) is 8.50. The SMILES string of the molecule is CC(N)c1nnn2c1N(C)CCC2. The predicted molar refractivity (Wildman–Crippen MR) is 50.5 cm³/mol. The molecule has 0 bridgehead atoms. The van der Waals surface area contributed by atoms with Gasteiger partial charge in [-0.25, -0.2) is 4.68 Å². The van der Waals surface area contributed by atoms with Crippen molar-refractivity contribution in [2.75, 3.05) is 18.5 Å². The number of anilines is 1. The van der Waals surface area contributed by atoms with E-state index in [1.807, 2.05) is 11.6 Å². The molecule has 5 nitrogen and oxygen atoms in total. The Morgan fingerprint density at radius 1 is 1.46 bits per heavy atom. The maximum Gasteiger partial charge on any atom is 0.152 e. The molecule has 1 aromatic heterocycles. The third-order valence-corrected chi connectivity index (χ3v) is 2.39. The Morgan fingerprint density at radius 2 is 2.23 bits per heavy atom. The lowest BCUT2D eigenvalue weighted by atomic mass is 10.2. The standard InChI is InChI=1S/C8H15N5/c1-6(9)7-8-12(2)4-3-5-13(8)11-10-7/h6H,3-5,9H2,1-2H3. The van der Waals surface area contributed by atoms with Crippen LogP contribution in [0.3, 0.4) is 0 Å². The van der Waals surface area contributed by atoms with Gasteiger partial charge in [-0.3, -0.25) is 0 Å². The van der Waals surface area contributed by atoms with Crippen molar-refractivity contribution < 1.29 is 0 Å². The highest BCUT2D eigenvalue weighted by Crippen LogP contribution is 2.24. The summed E-state index contributed by atoms with van der Waals surface area (Å²) in [6.45, 7) is 3.96. The molecule has 2 rings (SSSR count). The second kappa shape index (κ2) is 2.99. The summed E-state index contributed by atoms with van der Waals surface area (Å²) in [7, 11) is 2.06. The normalized spacial score (nSPS) is 18.5. The van der Waals surface area contributed by atoms with Crippen molar-refractivity contribution in [3.05, 3.63) is 5.69 Å². The summed E-state index contributed by atoms with van der Waals surface area (Å²) < 4.78 is 1.93. The maximum atomic E-state index is 5.80. The van der Waals surface area contributed by atoms with Crippen molar-refractivity contribution in [3.63, 3.8) is 0 Å². The lowest BCUT2D eigenvalue weighted by molar-refractivity contribution is 0.519. The Kier molecular flexibility index (Phi) is 1.95. The molecule has 5 heteroatoms. The summed E-state index contributed by atoms with van der Waals surface area (Å²) in [5, 5.41) is 8.17. The van der Waals surface area contributed by atoms with Crippen molar-refractivity contribution in [2.45, 2.75) is 25.9 Å². The van der Waals surface area contributed by atoms with Gasteiger partial charge in [0, 0.05) is 26.2 Å². The molecule has 0 fully saturated rings. The highest BCUT2D eigenvalue weighted by atomic mass is 15.5. The first-order valence-corrected chi connectivity index (χ1v) is 4.60. The van der Waals surface area contributed by atoms with E-state index < -0.39 is 0 Å². The third kappa shape index (κ3) is 1.29. The fraction of sp³-hybridized carbons (Fsp3) is 0.750. The third-order valence-electron chi connectivity index (χ3n) is 2.39. The van der Waals surface area contributed by atoms with Crippen molar-refractivity contribution in [2.24, 2.45) is 5.73 Å². The van der Waals surface area contributed by atoms with E-state index in [0.717, 1.165) is 31.0 Å². The van der Waals surface area contributed by atoms with Crippen LogP contribution in [0.1, 0.15) is 25.1 Å². The van der Waals surface area contributed by atoms with Gasteiger partial charge in [0.05, 0.1) is 0 Å². The van der Waals surface area contributed by atoms with Gasteiger partial charge in [-0.1, -0.05) is 5.21 Å². The Labute approximate surface area is 77.5 Å².